The van der Waals surface area contributed by atoms with Crippen LogP contribution in [-0.2, 0) is 6.54 Å². The molecule has 96 valence electrons. The van der Waals surface area contributed by atoms with Gasteiger partial charge < -0.3 is 10.2 Å². The van der Waals surface area contributed by atoms with Gasteiger partial charge in [-0.05, 0) is 34.3 Å². The molecular weight excluding hydrogens is 312 g/mol. The van der Waals surface area contributed by atoms with Gasteiger partial charge in [-0.3, -0.25) is 0 Å². The van der Waals surface area contributed by atoms with E-state index in [4.69, 9.17) is 0 Å². The van der Waals surface area contributed by atoms with E-state index < -0.39 is 0 Å². The number of thiophene rings is 1. The average Bonchev–Trinajstić information content (AvgIpc) is 2.89. The lowest BCUT2D eigenvalue weighted by Crippen LogP contribution is -2.23. The van der Waals surface area contributed by atoms with E-state index in [1.54, 1.807) is 17.7 Å². The first kappa shape index (κ1) is 13.3. The van der Waals surface area contributed by atoms with Crippen LogP contribution in [0.15, 0.2) is 28.3 Å². The fraction of sp³-hybridized carbons (Fsp3) is 0.333. The zero-order chi connectivity index (χ0) is 13.0. The Hall–Kier alpha value is -1.14. The standard InChI is InChI=1S/C12H15BrN4S/c1-3-17(7-9-5-4-6-18-9)12-10(13)11(14-2)15-8-16-12/h4-6,8H,3,7H2,1-2H3,(H,14,15,16). The molecule has 0 atom stereocenters. The van der Waals surface area contributed by atoms with Crippen LogP contribution in [0.4, 0.5) is 11.6 Å². The zero-order valence-corrected chi connectivity index (χ0v) is 12.8. The van der Waals surface area contributed by atoms with E-state index in [-0.39, 0.29) is 0 Å². The first-order chi connectivity index (χ1) is 8.76. The van der Waals surface area contributed by atoms with Crippen molar-refractivity contribution in [3.8, 4) is 0 Å². The van der Waals surface area contributed by atoms with Crippen LogP contribution in [-0.4, -0.2) is 23.6 Å². The van der Waals surface area contributed by atoms with Crippen LogP contribution in [0.25, 0.3) is 0 Å². The van der Waals surface area contributed by atoms with Crippen molar-refractivity contribution in [1.82, 2.24) is 9.97 Å². The molecule has 0 amide bonds. The number of aromatic nitrogens is 2. The minimum absolute atomic E-state index is 0.810. The minimum Gasteiger partial charge on any atom is -0.372 e. The molecule has 0 radical (unpaired) electrons. The molecule has 0 saturated heterocycles. The second-order valence-electron chi connectivity index (χ2n) is 3.70. The molecule has 0 aliphatic rings. The van der Waals surface area contributed by atoms with Gasteiger partial charge in [-0.25, -0.2) is 9.97 Å². The van der Waals surface area contributed by atoms with Crippen molar-refractivity contribution in [3.63, 3.8) is 0 Å². The van der Waals surface area contributed by atoms with Gasteiger partial charge in [0, 0.05) is 18.5 Å². The van der Waals surface area contributed by atoms with Crippen molar-refractivity contribution < 1.29 is 0 Å². The second kappa shape index (κ2) is 6.15. The molecule has 6 heteroatoms. The lowest BCUT2D eigenvalue weighted by molar-refractivity contribution is 0.816. The summed E-state index contributed by atoms with van der Waals surface area (Å²) in [6.07, 6.45) is 1.59. The molecule has 18 heavy (non-hydrogen) atoms. The summed E-state index contributed by atoms with van der Waals surface area (Å²) in [7, 11) is 1.85. The molecule has 0 aliphatic carbocycles. The number of hydrogen-bond acceptors (Lipinski definition) is 5. The highest BCUT2D eigenvalue weighted by atomic mass is 79.9. The summed E-state index contributed by atoms with van der Waals surface area (Å²) in [5.41, 5.74) is 0. The molecule has 0 unspecified atom stereocenters. The van der Waals surface area contributed by atoms with E-state index >= 15 is 0 Å². The smallest absolute Gasteiger partial charge is 0.148 e. The lowest BCUT2D eigenvalue weighted by Gasteiger charge is -2.22. The fourth-order valence-electron chi connectivity index (χ4n) is 1.68. The Morgan fingerprint density at radius 3 is 2.89 bits per heavy atom. The SMILES string of the molecule is CCN(Cc1cccs1)c1ncnc(NC)c1Br. The predicted molar refractivity (Wildman–Crippen MR) is 80.3 cm³/mol. The van der Waals surface area contributed by atoms with Crippen LogP contribution in [0, 0.1) is 0 Å². The van der Waals surface area contributed by atoms with Crippen molar-refractivity contribution in [2.24, 2.45) is 0 Å². The third-order valence-electron chi connectivity index (χ3n) is 2.62. The van der Waals surface area contributed by atoms with Gasteiger partial charge in [-0.1, -0.05) is 6.07 Å². The number of hydrogen-bond donors (Lipinski definition) is 1. The molecule has 2 aromatic rings. The number of nitrogens with zero attached hydrogens (tertiary/aromatic N) is 3. The maximum Gasteiger partial charge on any atom is 0.148 e. The molecule has 0 aliphatic heterocycles. The molecule has 4 nitrogen and oxygen atoms in total. The first-order valence-corrected chi connectivity index (χ1v) is 7.39. The normalized spacial score (nSPS) is 10.4. The topological polar surface area (TPSA) is 41.1 Å². The van der Waals surface area contributed by atoms with Gasteiger partial charge in [0.25, 0.3) is 0 Å². The Balaban J connectivity index is 2.27. The van der Waals surface area contributed by atoms with Gasteiger partial charge >= 0.3 is 0 Å². The molecule has 0 bridgehead atoms. The molecule has 1 N–H and O–H groups in total. The monoisotopic (exact) mass is 326 g/mol. The Morgan fingerprint density at radius 1 is 1.44 bits per heavy atom. The summed E-state index contributed by atoms with van der Waals surface area (Å²) in [6, 6.07) is 4.21. The highest BCUT2D eigenvalue weighted by molar-refractivity contribution is 9.10. The summed E-state index contributed by atoms with van der Waals surface area (Å²) in [5, 5.41) is 5.15. The average molecular weight is 327 g/mol. The minimum atomic E-state index is 0.810. The maximum absolute atomic E-state index is 4.37. The quantitative estimate of drug-likeness (QED) is 0.914. The number of nitrogens with one attached hydrogen (secondary N) is 1. The number of anilines is 2. The summed E-state index contributed by atoms with van der Waals surface area (Å²) in [5.74, 6) is 1.73. The van der Waals surface area contributed by atoms with Crippen LogP contribution >= 0.6 is 27.3 Å². The Kier molecular flexibility index (Phi) is 4.54. The Morgan fingerprint density at radius 2 is 2.28 bits per heavy atom. The van der Waals surface area contributed by atoms with Gasteiger partial charge in [0.05, 0.1) is 6.54 Å². The van der Waals surface area contributed by atoms with Crippen molar-refractivity contribution in [2.75, 3.05) is 23.8 Å². The van der Waals surface area contributed by atoms with Gasteiger partial charge in [-0.2, -0.15) is 0 Å². The van der Waals surface area contributed by atoms with E-state index in [0.29, 0.717) is 0 Å². The molecule has 0 saturated carbocycles. The van der Waals surface area contributed by atoms with Gasteiger partial charge in [0.15, 0.2) is 0 Å². The predicted octanol–water partition coefficient (Wildman–Crippen LogP) is 3.37. The van der Waals surface area contributed by atoms with E-state index in [9.17, 15) is 0 Å². The van der Waals surface area contributed by atoms with Gasteiger partial charge in [0.1, 0.15) is 22.4 Å². The molecule has 0 aromatic carbocycles. The van der Waals surface area contributed by atoms with E-state index in [1.807, 2.05) is 7.05 Å². The second-order valence-corrected chi connectivity index (χ2v) is 5.53. The highest BCUT2D eigenvalue weighted by Crippen LogP contribution is 2.30. The fourth-order valence-corrected chi connectivity index (χ4v) is 3.06. The van der Waals surface area contributed by atoms with E-state index in [1.165, 1.54) is 4.88 Å². The summed E-state index contributed by atoms with van der Waals surface area (Å²) in [6.45, 7) is 3.89. The molecular formula is C12H15BrN4S. The van der Waals surface area contributed by atoms with Gasteiger partial charge in [-0.15, -0.1) is 11.3 Å². The Labute approximate surface area is 119 Å². The molecule has 2 aromatic heterocycles. The van der Waals surface area contributed by atoms with E-state index in [0.717, 1.165) is 29.2 Å². The summed E-state index contributed by atoms with van der Waals surface area (Å²) < 4.78 is 0.908. The van der Waals surface area contributed by atoms with E-state index in [2.05, 4.69) is 60.6 Å². The first-order valence-electron chi connectivity index (χ1n) is 5.71. The van der Waals surface area contributed by atoms with Crippen LogP contribution in [0.3, 0.4) is 0 Å². The van der Waals surface area contributed by atoms with Crippen LogP contribution in [0.1, 0.15) is 11.8 Å². The molecule has 2 rings (SSSR count). The van der Waals surface area contributed by atoms with Crippen molar-refractivity contribution in [2.45, 2.75) is 13.5 Å². The number of halogens is 1. The van der Waals surface area contributed by atoms with Gasteiger partial charge in [0.2, 0.25) is 0 Å². The molecule has 2 heterocycles. The maximum atomic E-state index is 4.37. The summed E-state index contributed by atoms with van der Waals surface area (Å²) in [4.78, 5) is 12.1. The Bertz CT molecular complexity index is 501. The largest absolute Gasteiger partial charge is 0.372 e. The van der Waals surface area contributed by atoms with Crippen molar-refractivity contribution in [1.29, 1.82) is 0 Å². The lowest BCUT2D eigenvalue weighted by atomic mass is 10.4. The highest BCUT2D eigenvalue weighted by Gasteiger charge is 2.14. The molecule has 0 spiro atoms. The zero-order valence-electron chi connectivity index (χ0n) is 10.4. The van der Waals surface area contributed by atoms with Crippen molar-refractivity contribution in [3.05, 3.63) is 33.2 Å². The summed E-state index contributed by atoms with van der Waals surface area (Å²) >= 11 is 5.32. The number of rotatable bonds is 5. The van der Waals surface area contributed by atoms with Crippen LogP contribution in [0.5, 0.6) is 0 Å². The third kappa shape index (κ3) is 2.81. The van der Waals surface area contributed by atoms with Crippen LogP contribution in [0.2, 0.25) is 0 Å². The van der Waals surface area contributed by atoms with Crippen molar-refractivity contribution >= 4 is 38.9 Å². The molecule has 0 fully saturated rings. The van der Waals surface area contributed by atoms with Crippen LogP contribution < -0.4 is 10.2 Å². The third-order valence-corrected chi connectivity index (χ3v) is 4.21.